The van der Waals surface area contributed by atoms with Gasteiger partial charge >= 0.3 is 0 Å². The van der Waals surface area contributed by atoms with E-state index in [2.05, 4.69) is 513 Å². The summed E-state index contributed by atoms with van der Waals surface area (Å²) >= 11 is 0. The lowest BCUT2D eigenvalue weighted by molar-refractivity contribution is -0.231. The van der Waals surface area contributed by atoms with Crippen molar-refractivity contribution in [3.8, 4) is 118 Å². The fourth-order valence-electron chi connectivity index (χ4n) is 23.8. The molecular weight excluding hydrogens is 1560 g/mol. The van der Waals surface area contributed by atoms with Gasteiger partial charge in [-0.25, -0.2) is 0 Å². The molecule has 0 aliphatic heterocycles. The highest BCUT2D eigenvalue weighted by Gasteiger charge is 2.77. The minimum Gasteiger partial charge on any atom is -0.0622 e. The minimum atomic E-state index is -0.532. The van der Waals surface area contributed by atoms with Crippen molar-refractivity contribution >= 4 is 0 Å². The van der Waals surface area contributed by atoms with Crippen LogP contribution in [0.25, 0.3) is 0 Å². The minimum absolute atomic E-state index is 0.298. The van der Waals surface area contributed by atoms with Crippen molar-refractivity contribution in [2.75, 3.05) is 0 Å². The first-order valence-electron chi connectivity index (χ1n) is 45.4. The van der Waals surface area contributed by atoms with Crippen molar-refractivity contribution in [3.63, 3.8) is 0 Å². The maximum Gasteiger partial charge on any atom is 0.0264 e. The van der Waals surface area contributed by atoms with Gasteiger partial charge in [0.25, 0.3) is 0 Å². The van der Waals surface area contributed by atoms with E-state index >= 15 is 0 Å². The lowest BCUT2D eigenvalue weighted by atomic mass is 9.24. The predicted molar refractivity (Wildman–Crippen MR) is 529 cm³/mol. The molecule has 0 nitrogen and oxygen atoms in total. The molecule has 2 atom stereocenters. The highest BCUT2D eigenvalue weighted by molar-refractivity contribution is 5.64. The van der Waals surface area contributed by atoms with Crippen LogP contribution in [0.3, 0.4) is 0 Å². The van der Waals surface area contributed by atoms with Gasteiger partial charge in [-0.2, -0.15) is 0 Å². The Morgan fingerprint density at radius 1 is 0.131 bits per heavy atom. The molecular formula is C130H90. The molecule has 23 rings (SSSR count). The number of hydrogen-bond donors (Lipinski definition) is 0. The molecule has 0 saturated heterocycles. The van der Waals surface area contributed by atoms with Gasteiger partial charge in [0.2, 0.25) is 0 Å². The maximum absolute atomic E-state index is 3.83. The number of benzene rings is 15. The van der Waals surface area contributed by atoms with E-state index in [9.17, 15) is 0 Å². The predicted octanol–water partition coefficient (Wildman–Crippen LogP) is 26.0. The van der Waals surface area contributed by atoms with Gasteiger partial charge in [-0.3, -0.25) is 0 Å². The van der Waals surface area contributed by atoms with Gasteiger partial charge in [0.1, 0.15) is 0 Å². The van der Waals surface area contributed by atoms with Crippen molar-refractivity contribution in [1.82, 2.24) is 0 Å². The van der Waals surface area contributed by atoms with Crippen LogP contribution in [0.4, 0.5) is 0 Å². The van der Waals surface area contributed by atoms with E-state index in [4.69, 9.17) is 0 Å². The van der Waals surface area contributed by atoms with Gasteiger partial charge in [-0.15, -0.1) is 0 Å². The van der Waals surface area contributed by atoms with Crippen LogP contribution in [0.5, 0.6) is 0 Å². The highest BCUT2D eigenvalue weighted by atomic mass is 14.8. The van der Waals surface area contributed by atoms with E-state index in [1.807, 2.05) is 0 Å². The molecule has 8 aliphatic rings. The molecule has 15 aromatic rings. The second-order valence-electron chi connectivity index (χ2n) is 37.2. The SMILES string of the molecule is C(#Cc1cc(C#Cc2ccccc2)cc(C23CC4CC(c5cc(C#Cc6ccccc6)cc(C#Cc6ccccc6)c5)(C2)CC(C25CC6(c7cc(C#Cc8ccccc8)cc(C#Cc8ccccc8)c7)CC(c7cc(C#Cc8ccccc8)cc(C#Cc8ccccc8)c7)(CC(c7cc(C#Cc8ccccc8)cc(C#Cc8ccccc8)c7)(C6)C2)C5)(C4)C3)c1)c1ccccc1. The van der Waals surface area contributed by atoms with E-state index in [1.165, 1.54) is 27.8 Å². The summed E-state index contributed by atoms with van der Waals surface area (Å²) in [5.41, 5.74) is 22.4. The molecule has 130 heavy (non-hydrogen) atoms. The van der Waals surface area contributed by atoms with Gasteiger partial charge in [-0.05, 0) is 361 Å². The number of rotatable bonds is 6. The number of hydrogen-bond acceptors (Lipinski definition) is 0. The summed E-state index contributed by atoms with van der Waals surface area (Å²) < 4.78 is 0. The summed E-state index contributed by atoms with van der Waals surface area (Å²) in [7, 11) is 0. The van der Waals surface area contributed by atoms with Crippen LogP contribution in [0.15, 0.2) is 394 Å². The molecule has 0 spiro atoms. The summed E-state index contributed by atoms with van der Waals surface area (Å²) in [6, 6.07) is 141. The second-order valence-corrected chi connectivity index (χ2v) is 37.2. The molecule has 15 aromatic carbocycles. The van der Waals surface area contributed by atoms with Gasteiger partial charge in [0, 0.05) is 111 Å². The zero-order valence-electron chi connectivity index (χ0n) is 72.6. The lowest BCUT2D eigenvalue weighted by Gasteiger charge is -2.79. The Bertz CT molecular complexity index is 6580. The van der Waals surface area contributed by atoms with Crippen LogP contribution in [0, 0.1) is 135 Å². The van der Waals surface area contributed by atoms with Crippen LogP contribution in [0.2, 0.25) is 0 Å². The van der Waals surface area contributed by atoms with E-state index in [0.717, 1.165) is 188 Å². The molecule has 0 N–H and O–H groups in total. The molecule has 0 heterocycles. The third kappa shape index (κ3) is 17.3. The molecule has 610 valence electrons. The maximum atomic E-state index is 3.83. The Morgan fingerprint density at radius 3 is 0.438 bits per heavy atom. The normalized spacial score (nSPS) is 21.5. The van der Waals surface area contributed by atoms with E-state index in [-0.39, 0.29) is 5.41 Å². The quantitative estimate of drug-likeness (QED) is 0.146. The third-order valence-electron chi connectivity index (χ3n) is 28.2. The fourth-order valence-corrected chi connectivity index (χ4v) is 23.8. The van der Waals surface area contributed by atoms with Gasteiger partial charge in [0.05, 0.1) is 0 Å². The summed E-state index contributed by atoms with van der Waals surface area (Å²) in [4.78, 5) is 0. The van der Waals surface area contributed by atoms with Gasteiger partial charge in [0.15, 0.2) is 0 Å². The van der Waals surface area contributed by atoms with Crippen LogP contribution >= 0.6 is 0 Å². The largest absolute Gasteiger partial charge is 0.0622 e. The van der Waals surface area contributed by atoms with E-state index in [0.29, 0.717) is 5.92 Å². The third-order valence-corrected chi connectivity index (χ3v) is 28.2. The van der Waals surface area contributed by atoms with Crippen molar-refractivity contribution < 1.29 is 0 Å². The molecule has 0 aromatic heterocycles. The molecule has 0 heteroatoms. The van der Waals surface area contributed by atoms with Gasteiger partial charge < -0.3 is 0 Å². The van der Waals surface area contributed by atoms with Crippen LogP contribution in [-0.4, -0.2) is 0 Å². The van der Waals surface area contributed by atoms with E-state index in [1.54, 1.807) is 0 Å². The first-order valence-corrected chi connectivity index (χ1v) is 45.4. The summed E-state index contributed by atoms with van der Waals surface area (Å²) in [5.74, 6) is 75.2. The fraction of sp³-hybridized carbons (Fsp3) is 0.154. The lowest BCUT2D eigenvalue weighted by Crippen LogP contribution is -2.73. The molecule has 8 saturated carbocycles. The summed E-state index contributed by atoms with van der Waals surface area (Å²) in [6.07, 6.45) is 11.3. The second kappa shape index (κ2) is 35.0. The summed E-state index contributed by atoms with van der Waals surface area (Å²) in [5, 5.41) is 0. The average molecular weight is 1650 g/mol. The molecule has 0 amide bonds. The average Bonchev–Trinajstić information content (AvgIpc) is 0.642. The standard InChI is InChI=1S/C130H90/c1-11-31-98(32-12-1)51-61-108-71-109(62-52-99-33-13-2-14-34-99)77-119(76-108)124-86-118-87-125(89-124,120-78-110(63-53-100-35-15-3-16-36-100)72-111(79-120)64-54-101-37-17-4-18-38-101)94-129(88-118,93-124)130-95-126(121-80-112(65-55-102-39-19-5-20-40-102)73-113(81-121)66-56-103-41-21-6-22-42-103)90-127(96-130,122-82-114(67-57-104-43-23-7-24-44-104)74-115(83-122)68-58-105-45-25-8-26-46-105)92-128(91-126,97-130)123-84-116(69-59-106-47-27-9-28-48-106)75-117(85-123)70-60-107-49-29-10-30-50-107/h1-50,71-85,118H,86-97H2. The van der Waals surface area contributed by atoms with Crippen LogP contribution < -0.4 is 0 Å². The molecule has 8 bridgehead atoms. The topological polar surface area (TPSA) is 0 Å². The zero-order valence-corrected chi connectivity index (χ0v) is 72.6. The van der Waals surface area contributed by atoms with Crippen LogP contribution in [0.1, 0.15) is 216 Å². The monoisotopic (exact) mass is 1650 g/mol. The van der Waals surface area contributed by atoms with Crippen LogP contribution in [-0.2, 0) is 27.1 Å². The Labute approximate surface area is 767 Å². The molecule has 2 unspecified atom stereocenters. The van der Waals surface area contributed by atoms with Crippen molar-refractivity contribution in [1.29, 1.82) is 0 Å². The van der Waals surface area contributed by atoms with Gasteiger partial charge in [-0.1, -0.05) is 300 Å². The highest BCUT2D eigenvalue weighted by Crippen LogP contribution is 2.84. The summed E-state index contributed by atoms with van der Waals surface area (Å²) in [6.45, 7) is 0. The van der Waals surface area contributed by atoms with Crippen molar-refractivity contribution in [2.45, 2.75) is 104 Å². The molecule has 8 aliphatic carbocycles. The molecule has 0 radical (unpaired) electrons. The van der Waals surface area contributed by atoms with E-state index < -0.39 is 32.5 Å². The zero-order chi connectivity index (χ0) is 87.1. The Kier molecular flexibility index (Phi) is 21.8. The Hall–Kier alpha value is -16.1. The molecule has 8 fully saturated rings. The Balaban J connectivity index is 0.868. The first kappa shape index (κ1) is 81.0. The van der Waals surface area contributed by atoms with Crippen molar-refractivity contribution in [2.24, 2.45) is 16.7 Å². The Morgan fingerprint density at radius 2 is 0.269 bits per heavy atom. The van der Waals surface area contributed by atoms with Crippen molar-refractivity contribution in [3.05, 3.63) is 533 Å². The smallest absolute Gasteiger partial charge is 0.0264 e. The first-order chi connectivity index (χ1) is 63.9.